The average molecular weight is 279 g/mol. The first kappa shape index (κ1) is 15.2. The maximum absolute atomic E-state index is 11.6. The minimum atomic E-state index is -3.85. The molecule has 1 amide bonds. The molecule has 1 aliphatic rings. The van der Waals surface area contributed by atoms with E-state index in [0.29, 0.717) is 0 Å². The van der Waals surface area contributed by atoms with Crippen LogP contribution in [0.2, 0.25) is 0 Å². The van der Waals surface area contributed by atoms with Crippen molar-refractivity contribution in [3.63, 3.8) is 0 Å². The summed E-state index contributed by atoms with van der Waals surface area (Å²) in [4.78, 5) is 11.1. The highest BCUT2D eigenvalue weighted by Crippen LogP contribution is 2.14. The Labute approximate surface area is 108 Å². The quantitative estimate of drug-likeness (QED) is 0.656. The number of hydrogen-bond donors (Lipinski definition) is 3. The summed E-state index contributed by atoms with van der Waals surface area (Å²) in [5, 5.41) is 3.22. The molecule has 1 heterocycles. The van der Waals surface area contributed by atoms with Gasteiger partial charge in [-0.1, -0.05) is 0 Å². The van der Waals surface area contributed by atoms with E-state index in [1.807, 2.05) is 0 Å². The van der Waals surface area contributed by atoms with E-state index < -0.39 is 16.3 Å². The minimum Gasteiger partial charge on any atom is -0.449 e. The fraction of sp³-hybridized carbons (Fsp3) is 0.900. The number of ether oxygens (including phenoxy) is 1. The lowest BCUT2D eigenvalue weighted by atomic mass is 9.94. The van der Waals surface area contributed by atoms with Gasteiger partial charge in [-0.05, 0) is 45.7 Å². The normalized spacial score (nSPS) is 22.2. The number of hydrogen-bond acceptors (Lipinski definition) is 5. The van der Waals surface area contributed by atoms with E-state index in [4.69, 9.17) is 0 Å². The van der Waals surface area contributed by atoms with E-state index in [-0.39, 0.29) is 18.6 Å². The van der Waals surface area contributed by atoms with E-state index >= 15 is 0 Å². The van der Waals surface area contributed by atoms with Crippen molar-refractivity contribution in [2.24, 2.45) is 5.92 Å². The highest BCUT2D eigenvalue weighted by Gasteiger charge is 2.25. The van der Waals surface area contributed by atoms with Crippen molar-refractivity contribution in [2.45, 2.75) is 32.7 Å². The Balaban J connectivity index is 2.45. The van der Waals surface area contributed by atoms with Crippen LogP contribution in [0.5, 0.6) is 0 Å². The molecule has 1 saturated heterocycles. The fourth-order valence-corrected chi connectivity index (χ4v) is 2.97. The second-order valence-corrected chi connectivity index (χ2v) is 5.79. The molecular weight excluding hydrogens is 258 g/mol. The summed E-state index contributed by atoms with van der Waals surface area (Å²) in [6, 6.07) is -0.232. The van der Waals surface area contributed by atoms with Gasteiger partial charge in [0.05, 0.1) is 6.61 Å². The van der Waals surface area contributed by atoms with Gasteiger partial charge in [0.2, 0.25) is 0 Å². The summed E-state index contributed by atoms with van der Waals surface area (Å²) in [6.07, 6.45) is 1.04. The zero-order valence-corrected chi connectivity index (χ0v) is 11.5. The van der Waals surface area contributed by atoms with Crippen LogP contribution in [0, 0.1) is 5.92 Å². The summed E-state index contributed by atoms with van der Waals surface area (Å²) < 4.78 is 32.0. The van der Waals surface area contributed by atoms with Gasteiger partial charge in [0, 0.05) is 6.04 Å². The molecule has 0 bridgehead atoms. The lowest BCUT2D eigenvalue weighted by Crippen LogP contribution is -2.49. The van der Waals surface area contributed by atoms with Crippen molar-refractivity contribution < 1.29 is 17.9 Å². The number of amides is 1. The van der Waals surface area contributed by atoms with Crippen LogP contribution in [0.4, 0.5) is 4.79 Å². The summed E-state index contributed by atoms with van der Waals surface area (Å²) in [5.74, 6) is 0.234. The lowest BCUT2D eigenvalue weighted by Gasteiger charge is -2.28. The second-order valence-electron chi connectivity index (χ2n) is 4.34. The van der Waals surface area contributed by atoms with Crippen LogP contribution >= 0.6 is 0 Å². The zero-order valence-electron chi connectivity index (χ0n) is 10.7. The Morgan fingerprint density at radius 3 is 2.83 bits per heavy atom. The Bertz CT molecular complexity index is 365. The third kappa shape index (κ3) is 5.19. The second kappa shape index (κ2) is 6.91. The van der Waals surface area contributed by atoms with E-state index in [0.717, 1.165) is 25.9 Å². The predicted molar refractivity (Wildman–Crippen MR) is 67.3 cm³/mol. The molecule has 0 saturated carbocycles. The van der Waals surface area contributed by atoms with Gasteiger partial charge in [-0.2, -0.15) is 13.1 Å². The lowest BCUT2D eigenvalue weighted by molar-refractivity contribution is 0.158. The monoisotopic (exact) mass is 279 g/mol. The van der Waals surface area contributed by atoms with Crippen molar-refractivity contribution in [1.29, 1.82) is 0 Å². The van der Waals surface area contributed by atoms with E-state index in [1.165, 1.54) is 0 Å². The van der Waals surface area contributed by atoms with E-state index in [9.17, 15) is 13.2 Å². The van der Waals surface area contributed by atoms with Crippen molar-refractivity contribution >= 4 is 16.3 Å². The molecule has 18 heavy (non-hydrogen) atoms. The first-order valence-electron chi connectivity index (χ1n) is 6.12. The summed E-state index contributed by atoms with van der Waals surface area (Å²) in [7, 11) is -3.85. The zero-order chi connectivity index (χ0) is 13.6. The average Bonchev–Trinajstić information content (AvgIpc) is 2.29. The molecule has 0 aliphatic carbocycles. The van der Waals surface area contributed by atoms with Crippen LogP contribution in [0.1, 0.15) is 26.7 Å². The molecule has 0 spiro atoms. The van der Waals surface area contributed by atoms with Crippen molar-refractivity contribution in [1.82, 2.24) is 14.8 Å². The molecule has 0 aromatic carbocycles. The topological polar surface area (TPSA) is 96.5 Å². The molecule has 2 atom stereocenters. The summed E-state index contributed by atoms with van der Waals surface area (Å²) >= 11 is 0. The van der Waals surface area contributed by atoms with Gasteiger partial charge in [0.15, 0.2) is 0 Å². The molecule has 1 rings (SSSR count). The summed E-state index contributed by atoms with van der Waals surface area (Å²) in [5.41, 5.74) is 0. The highest BCUT2D eigenvalue weighted by atomic mass is 32.2. The van der Waals surface area contributed by atoms with Crippen LogP contribution in [-0.2, 0) is 14.9 Å². The highest BCUT2D eigenvalue weighted by molar-refractivity contribution is 7.88. The van der Waals surface area contributed by atoms with E-state index in [1.54, 1.807) is 18.6 Å². The smallest absolute Gasteiger partial charge is 0.421 e. The maximum atomic E-state index is 11.6. The fourth-order valence-electron chi connectivity index (χ4n) is 1.95. The number of carbonyl (C=O) groups is 1. The summed E-state index contributed by atoms with van der Waals surface area (Å²) in [6.45, 7) is 5.28. The molecule has 1 fully saturated rings. The SMILES string of the molecule is CCOC(=O)NS(=O)(=O)NC(C)C1CCCNC1. The molecule has 3 N–H and O–H groups in total. The van der Waals surface area contributed by atoms with Crippen molar-refractivity contribution in [3.05, 3.63) is 0 Å². The van der Waals surface area contributed by atoms with Gasteiger partial charge >= 0.3 is 16.3 Å². The van der Waals surface area contributed by atoms with E-state index in [2.05, 4.69) is 14.8 Å². The van der Waals surface area contributed by atoms with Crippen molar-refractivity contribution in [2.75, 3.05) is 19.7 Å². The molecule has 0 aromatic rings. The third-order valence-electron chi connectivity index (χ3n) is 2.88. The van der Waals surface area contributed by atoms with Gasteiger partial charge in [0.25, 0.3) is 0 Å². The third-order valence-corrected chi connectivity index (χ3v) is 3.99. The number of nitrogens with one attached hydrogen (secondary N) is 3. The molecule has 0 aromatic heterocycles. The van der Waals surface area contributed by atoms with Crippen LogP contribution in [0.25, 0.3) is 0 Å². The van der Waals surface area contributed by atoms with Gasteiger partial charge in [-0.3, -0.25) is 0 Å². The van der Waals surface area contributed by atoms with Crippen LogP contribution in [0.15, 0.2) is 0 Å². The Kier molecular flexibility index (Phi) is 5.83. The maximum Gasteiger partial charge on any atom is 0.421 e. The standard InChI is InChI=1S/C10H21N3O4S/c1-3-17-10(14)13-18(15,16)12-8(2)9-5-4-6-11-7-9/h8-9,11-12H,3-7H2,1-2H3,(H,13,14). The number of rotatable bonds is 5. The number of carbonyl (C=O) groups excluding carboxylic acids is 1. The predicted octanol–water partition coefficient (Wildman–Crippen LogP) is -0.0450. The molecule has 0 radical (unpaired) electrons. The molecule has 8 heteroatoms. The van der Waals surface area contributed by atoms with Gasteiger partial charge in [0.1, 0.15) is 0 Å². The van der Waals surface area contributed by atoms with Gasteiger partial charge in [-0.15, -0.1) is 0 Å². The van der Waals surface area contributed by atoms with Gasteiger partial charge < -0.3 is 10.1 Å². The molecule has 2 unspecified atom stereocenters. The largest absolute Gasteiger partial charge is 0.449 e. The Hall–Kier alpha value is -0.860. The molecular formula is C10H21N3O4S. The number of piperidine rings is 1. The molecule has 7 nitrogen and oxygen atoms in total. The van der Waals surface area contributed by atoms with Crippen LogP contribution < -0.4 is 14.8 Å². The van der Waals surface area contributed by atoms with Crippen LogP contribution in [0.3, 0.4) is 0 Å². The first-order valence-corrected chi connectivity index (χ1v) is 7.60. The Morgan fingerprint density at radius 1 is 1.56 bits per heavy atom. The van der Waals surface area contributed by atoms with Crippen molar-refractivity contribution in [3.8, 4) is 0 Å². The Morgan fingerprint density at radius 2 is 2.28 bits per heavy atom. The molecule has 106 valence electrons. The minimum absolute atomic E-state index is 0.128. The van der Waals surface area contributed by atoms with Gasteiger partial charge in [-0.25, -0.2) is 9.52 Å². The van der Waals surface area contributed by atoms with Crippen LogP contribution in [-0.4, -0.2) is 40.2 Å². The first-order chi connectivity index (χ1) is 8.44. The molecule has 1 aliphatic heterocycles.